The van der Waals surface area contributed by atoms with E-state index in [0.29, 0.717) is 0 Å². The van der Waals surface area contributed by atoms with Crippen molar-refractivity contribution < 1.29 is 38.1 Å². The third kappa shape index (κ3) is 11.9. The van der Waals surface area contributed by atoms with E-state index in [9.17, 15) is 19.2 Å². The van der Waals surface area contributed by atoms with Gasteiger partial charge in [-0.3, -0.25) is 10.1 Å². The van der Waals surface area contributed by atoms with Crippen LogP contribution in [0.25, 0.3) is 0 Å². The predicted octanol–water partition coefficient (Wildman–Crippen LogP) is 2.67. The van der Waals surface area contributed by atoms with Gasteiger partial charge in [0.2, 0.25) is 5.91 Å². The number of amides is 3. The van der Waals surface area contributed by atoms with Gasteiger partial charge >= 0.3 is 18.3 Å². The Morgan fingerprint density at radius 2 is 1.57 bits per heavy atom. The van der Waals surface area contributed by atoms with Crippen LogP contribution < -0.4 is 10.6 Å². The maximum Gasteiger partial charge on any atom is 0.508 e. The van der Waals surface area contributed by atoms with E-state index in [0.717, 1.165) is 0 Å². The second-order valence-electron chi connectivity index (χ2n) is 8.66. The fourth-order valence-corrected chi connectivity index (χ4v) is 2.19. The summed E-state index contributed by atoms with van der Waals surface area (Å²) >= 11 is 0. The molecule has 1 heterocycles. The summed E-state index contributed by atoms with van der Waals surface area (Å²) < 4.78 is 19.7. The molecule has 11 nitrogen and oxygen atoms in total. The maximum absolute atomic E-state index is 12.0. The Bertz CT molecular complexity index is 666. The summed E-state index contributed by atoms with van der Waals surface area (Å²) in [6.45, 7) is 10.3. The van der Waals surface area contributed by atoms with Crippen LogP contribution in [0, 0.1) is 0 Å². The molecule has 0 aromatic carbocycles. The van der Waals surface area contributed by atoms with Crippen molar-refractivity contribution in [1.82, 2.24) is 10.6 Å². The molecule has 0 aliphatic carbocycles. The van der Waals surface area contributed by atoms with Gasteiger partial charge in [-0.05, 0) is 48.0 Å². The summed E-state index contributed by atoms with van der Waals surface area (Å²) in [7, 11) is 0. The van der Waals surface area contributed by atoms with E-state index in [4.69, 9.17) is 18.9 Å². The molecule has 0 spiro atoms. The largest absolute Gasteiger partial charge is 0.508 e. The molecule has 0 aromatic rings. The quantitative estimate of drug-likeness (QED) is 0.294. The second-order valence-corrected chi connectivity index (χ2v) is 8.66. The van der Waals surface area contributed by atoms with Crippen LogP contribution in [-0.4, -0.2) is 60.5 Å². The molecule has 0 atom stereocenters. The van der Waals surface area contributed by atoms with Crippen molar-refractivity contribution in [2.45, 2.75) is 78.0 Å². The van der Waals surface area contributed by atoms with Crippen molar-refractivity contribution in [1.29, 1.82) is 0 Å². The van der Waals surface area contributed by atoms with E-state index in [2.05, 4.69) is 15.6 Å². The fourth-order valence-electron chi connectivity index (χ4n) is 2.19. The third-order valence-corrected chi connectivity index (χ3v) is 3.25. The van der Waals surface area contributed by atoms with Crippen LogP contribution in [0.2, 0.25) is 0 Å². The highest BCUT2D eigenvalue weighted by molar-refractivity contribution is 6.00. The number of hydrogen-bond donors (Lipinski definition) is 2. The summed E-state index contributed by atoms with van der Waals surface area (Å²) in [5.74, 6) is -0.267. The van der Waals surface area contributed by atoms with Crippen LogP contribution in [0.15, 0.2) is 4.99 Å². The highest BCUT2D eigenvalue weighted by atomic mass is 16.7. The molecule has 11 heteroatoms. The molecular weight excluding hydrogens is 398 g/mol. The number of carbonyl (C=O) groups is 4. The van der Waals surface area contributed by atoms with Crippen molar-refractivity contribution in [3.05, 3.63) is 0 Å². The van der Waals surface area contributed by atoms with Crippen LogP contribution in [0.5, 0.6) is 0 Å². The van der Waals surface area contributed by atoms with E-state index >= 15 is 0 Å². The molecule has 0 bridgehead atoms. The van der Waals surface area contributed by atoms with E-state index in [1.807, 2.05) is 0 Å². The molecule has 0 aromatic heterocycles. The molecule has 0 saturated carbocycles. The van der Waals surface area contributed by atoms with E-state index in [1.165, 1.54) is 0 Å². The number of aliphatic imine (C=N–C) groups is 1. The SMILES string of the molecule is CC(C)(C)OC(=O)N=C(CCCC(=O)NC1COC(=O)OC1)NC(=O)OC(C)(C)C. The maximum atomic E-state index is 12.0. The van der Waals surface area contributed by atoms with Crippen LogP contribution in [-0.2, 0) is 23.7 Å². The van der Waals surface area contributed by atoms with Crippen LogP contribution in [0.1, 0.15) is 60.8 Å². The number of cyclic esters (lactones) is 2. The first-order valence-electron chi connectivity index (χ1n) is 9.63. The van der Waals surface area contributed by atoms with E-state index in [1.54, 1.807) is 41.5 Å². The lowest BCUT2D eigenvalue weighted by Gasteiger charge is -2.22. The molecule has 3 amide bonds. The predicted molar refractivity (Wildman–Crippen MR) is 106 cm³/mol. The fraction of sp³-hybridized carbons (Fsp3) is 0.737. The number of carbonyl (C=O) groups excluding carboxylic acids is 4. The number of ether oxygens (including phenoxy) is 4. The number of nitrogens with zero attached hydrogens (tertiary/aromatic N) is 1. The van der Waals surface area contributed by atoms with Gasteiger partial charge in [0.15, 0.2) is 0 Å². The Kier molecular flexibility index (Phi) is 9.06. The van der Waals surface area contributed by atoms with Gasteiger partial charge in [-0.1, -0.05) is 0 Å². The van der Waals surface area contributed by atoms with Crippen molar-refractivity contribution in [3.8, 4) is 0 Å². The molecule has 0 radical (unpaired) electrons. The second kappa shape index (κ2) is 10.8. The molecule has 1 aliphatic heterocycles. The van der Waals surface area contributed by atoms with Crippen LogP contribution in [0.4, 0.5) is 14.4 Å². The van der Waals surface area contributed by atoms with Gasteiger partial charge in [0.25, 0.3) is 0 Å². The molecule has 0 unspecified atom stereocenters. The van der Waals surface area contributed by atoms with E-state index < -0.39 is 35.6 Å². The van der Waals surface area contributed by atoms with Crippen molar-refractivity contribution in [2.24, 2.45) is 4.99 Å². The normalized spacial score (nSPS) is 15.5. The Balaban J connectivity index is 2.61. The summed E-state index contributed by atoms with van der Waals surface area (Å²) in [5.41, 5.74) is -1.48. The number of amidine groups is 1. The summed E-state index contributed by atoms with van der Waals surface area (Å²) in [5, 5.41) is 5.10. The highest BCUT2D eigenvalue weighted by Gasteiger charge is 2.23. The number of hydrogen-bond acceptors (Lipinski definition) is 8. The molecule has 2 N–H and O–H groups in total. The topological polar surface area (TPSA) is 142 Å². The minimum absolute atomic E-state index is 0.0289. The first-order valence-corrected chi connectivity index (χ1v) is 9.63. The zero-order valence-corrected chi connectivity index (χ0v) is 18.3. The van der Waals surface area contributed by atoms with Gasteiger partial charge < -0.3 is 24.3 Å². The molecule has 1 saturated heterocycles. The van der Waals surface area contributed by atoms with Crippen molar-refractivity contribution >= 4 is 30.1 Å². The monoisotopic (exact) mass is 429 g/mol. The Morgan fingerprint density at radius 1 is 1.00 bits per heavy atom. The van der Waals surface area contributed by atoms with Crippen molar-refractivity contribution in [3.63, 3.8) is 0 Å². The summed E-state index contributed by atoms with van der Waals surface area (Å²) in [4.78, 5) is 50.7. The number of alkyl carbamates (subject to hydrolysis) is 1. The first kappa shape index (κ1) is 25.2. The van der Waals surface area contributed by atoms with Gasteiger partial charge in [-0.25, -0.2) is 14.4 Å². The Morgan fingerprint density at radius 3 is 2.10 bits per heavy atom. The van der Waals surface area contributed by atoms with Gasteiger partial charge in [-0.15, -0.1) is 0 Å². The first-order chi connectivity index (χ1) is 13.7. The molecule has 1 fully saturated rings. The summed E-state index contributed by atoms with van der Waals surface area (Å²) in [6, 6.07) is -0.426. The van der Waals surface area contributed by atoms with Gasteiger partial charge in [-0.2, -0.15) is 4.99 Å². The smallest absolute Gasteiger partial charge is 0.444 e. The molecular formula is C19H31N3O8. The lowest BCUT2D eigenvalue weighted by molar-refractivity contribution is -0.123. The minimum Gasteiger partial charge on any atom is -0.444 e. The standard InChI is InChI=1S/C19H31N3O8/c1-18(2,3)29-15(24)21-13(22-16(25)30-19(4,5)6)8-7-9-14(23)20-12-10-27-17(26)28-11-12/h12H,7-11H2,1-6H3,(H,20,23)(H,21,22,24,25). The zero-order chi connectivity index (χ0) is 22.9. The lowest BCUT2D eigenvalue weighted by atomic mass is 10.2. The molecule has 170 valence electrons. The number of nitrogens with one attached hydrogen (secondary N) is 2. The van der Waals surface area contributed by atoms with Crippen molar-refractivity contribution in [2.75, 3.05) is 13.2 Å². The van der Waals surface area contributed by atoms with Gasteiger partial charge in [0.05, 0.1) is 6.04 Å². The number of rotatable bonds is 5. The zero-order valence-electron chi connectivity index (χ0n) is 18.3. The average molecular weight is 429 g/mol. The van der Waals surface area contributed by atoms with Gasteiger partial charge in [0, 0.05) is 12.8 Å². The third-order valence-electron chi connectivity index (χ3n) is 3.25. The lowest BCUT2D eigenvalue weighted by Crippen LogP contribution is -2.45. The molecule has 1 rings (SSSR count). The molecule has 1 aliphatic rings. The van der Waals surface area contributed by atoms with Crippen LogP contribution >= 0.6 is 0 Å². The molecule has 30 heavy (non-hydrogen) atoms. The minimum atomic E-state index is -0.862. The van der Waals surface area contributed by atoms with Gasteiger partial charge in [0.1, 0.15) is 30.3 Å². The highest BCUT2D eigenvalue weighted by Crippen LogP contribution is 2.10. The average Bonchev–Trinajstić information content (AvgIpc) is 2.53. The Hall–Kier alpha value is -2.85. The van der Waals surface area contributed by atoms with E-state index in [-0.39, 0.29) is 44.2 Å². The van der Waals surface area contributed by atoms with Crippen LogP contribution in [0.3, 0.4) is 0 Å². The summed E-state index contributed by atoms with van der Waals surface area (Å²) in [6.07, 6.45) is -1.89. The Labute approximate surface area is 175 Å².